The lowest BCUT2D eigenvalue weighted by Gasteiger charge is -2.11. The molecular weight excluding hydrogens is 384 g/mol. The van der Waals surface area contributed by atoms with Crippen molar-refractivity contribution in [3.05, 3.63) is 64.2 Å². The number of nitro groups is 1. The van der Waals surface area contributed by atoms with E-state index < -0.39 is 28.7 Å². The van der Waals surface area contributed by atoms with E-state index >= 15 is 0 Å². The quantitative estimate of drug-likeness (QED) is 0.236. The highest BCUT2D eigenvalue weighted by molar-refractivity contribution is 8.00. The fourth-order valence-corrected chi connectivity index (χ4v) is 3.03. The van der Waals surface area contributed by atoms with Gasteiger partial charge in [0.15, 0.2) is 12.4 Å². The van der Waals surface area contributed by atoms with Gasteiger partial charge in [-0.05, 0) is 38.1 Å². The van der Waals surface area contributed by atoms with Crippen LogP contribution in [-0.4, -0.2) is 34.4 Å². The number of thioether (sulfide) groups is 1. The number of nitrogens with zero attached hydrogens (tertiary/aromatic N) is 1. The summed E-state index contributed by atoms with van der Waals surface area (Å²) in [6.07, 6.45) is 0. The summed E-state index contributed by atoms with van der Waals surface area (Å²) in [5, 5.41) is 12.6. The highest BCUT2D eigenvalue weighted by Gasteiger charge is 2.18. The first-order chi connectivity index (χ1) is 13.3. The zero-order chi connectivity index (χ0) is 20.7. The molecule has 0 radical (unpaired) electrons. The summed E-state index contributed by atoms with van der Waals surface area (Å²) in [6, 6.07) is 12.2. The molecule has 0 aliphatic carbocycles. The van der Waals surface area contributed by atoms with Crippen molar-refractivity contribution in [3.63, 3.8) is 0 Å². The molecule has 2 aromatic carbocycles. The maximum atomic E-state index is 12.0. The van der Waals surface area contributed by atoms with Crippen molar-refractivity contribution in [2.75, 3.05) is 11.9 Å². The molecule has 0 spiro atoms. The zero-order valence-electron chi connectivity index (χ0n) is 15.2. The van der Waals surface area contributed by atoms with Crippen LogP contribution in [0.2, 0.25) is 0 Å². The fraction of sp³-hybridized carbons (Fsp3) is 0.211. The minimum atomic E-state index is -0.602. The van der Waals surface area contributed by atoms with E-state index in [0.29, 0.717) is 16.1 Å². The number of anilines is 1. The number of Topliss-reactive ketones (excluding diaryl/α,β-unsaturated/α-hetero) is 1. The molecule has 1 N–H and O–H groups in total. The molecule has 0 bridgehead atoms. The molecular formula is C19H18N2O6S. The van der Waals surface area contributed by atoms with E-state index in [0.717, 1.165) is 0 Å². The number of esters is 1. The Kier molecular flexibility index (Phi) is 7.28. The lowest BCUT2D eigenvalue weighted by Crippen LogP contribution is -2.24. The number of amides is 1. The van der Waals surface area contributed by atoms with Crippen LogP contribution in [0.25, 0.3) is 0 Å². The van der Waals surface area contributed by atoms with Crippen LogP contribution >= 0.6 is 11.8 Å². The molecule has 2 rings (SSSR count). The lowest BCUT2D eigenvalue weighted by atomic mass is 10.1. The van der Waals surface area contributed by atoms with Crippen LogP contribution in [0.3, 0.4) is 0 Å². The van der Waals surface area contributed by atoms with Crippen molar-refractivity contribution < 1.29 is 24.0 Å². The van der Waals surface area contributed by atoms with Gasteiger partial charge in [-0.15, -0.1) is 11.8 Å². The number of hydrogen-bond acceptors (Lipinski definition) is 7. The second kappa shape index (κ2) is 9.65. The van der Waals surface area contributed by atoms with Gasteiger partial charge in [0.25, 0.3) is 11.6 Å². The van der Waals surface area contributed by atoms with Gasteiger partial charge in [-0.25, -0.2) is 0 Å². The first-order valence-electron chi connectivity index (χ1n) is 8.25. The number of non-ortho nitro benzene ring substituents is 1. The van der Waals surface area contributed by atoms with Gasteiger partial charge in [0.05, 0.1) is 4.92 Å². The Bertz CT molecular complexity index is 898. The number of rotatable bonds is 8. The predicted molar refractivity (Wildman–Crippen MR) is 104 cm³/mol. The van der Waals surface area contributed by atoms with Gasteiger partial charge in [-0.1, -0.05) is 12.1 Å². The summed E-state index contributed by atoms with van der Waals surface area (Å²) in [4.78, 5) is 46.1. The van der Waals surface area contributed by atoms with Crippen molar-refractivity contribution in [3.8, 4) is 0 Å². The molecule has 1 atom stereocenters. The number of nitro benzene ring substituents is 1. The Hall–Kier alpha value is -3.20. The Morgan fingerprint density at radius 3 is 2.46 bits per heavy atom. The molecule has 0 aromatic heterocycles. The number of nitrogens with one attached hydrogen (secondary N) is 1. The van der Waals surface area contributed by atoms with E-state index in [9.17, 15) is 24.5 Å². The van der Waals surface area contributed by atoms with Crippen LogP contribution in [-0.2, 0) is 14.3 Å². The second-order valence-corrected chi connectivity index (χ2v) is 7.22. The minimum Gasteiger partial charge on any atom is -0.455 e. The van der Waals surface area contributed by atoms with Crippen LogP contribution in [0, 0.1) is 10.1 Å². The molecule has 0 aliphatic rings. The average molecular weight is 402 g/mol. The van der Waals surface area contributed by atoms with Crippen LogP contribution in [0.4, 0.5) is 11.4 Å². The van der Waals surface area contributed by atoms with E-state index in [2.05, 4.69) is 5.32 Å². The normalized spacial score (nSPS) is 11.4. The molecule has 0 unspecified atom stereocenters. The van der Waals surface area contributed by atoms with Gasteiger partial charge >= 0.3 is 5.97 Å². The van der Waals surface area contributed by atoms with Crippen LogP contribution < -0.4 is 5.32 Å². The van der Waals surface area contributed by atoms with Crippen LogP contribution in [0.15, 0.2) is 53.4 Å². The van der Waals surface area contributed by atoms with Gasteiger partial charge in [-0.3, -0.25) is 24.5 Å². The smallest absolute Gasteiger partial charge is 0.319 e. The Balaban J connectivity index is 1.83. The van der Waals surface area contributed by atoms with Crippen molar-refractivity contribution in [2.45, 2.75) is 24.0 Å². The summed E-state index contributed by atoms with van der Waals surface area (Å²) in [7, 11) is 0. The van der Waals surface area contributed by atoms with E-state index in [1.54, 1.807) is 37.3 Å². The molecule has 1 amide bonds. The Morgan fingerprint density at radius 2 is 1.86 bits per heavy atom. The minimum absolute atomic E-state index is 0.0370. The maximum absolute atomic E-state index is 12.0. The second-order valence-electron chi connectivity index (χ2n) is 5.80. The monoisotopic (exact) mass is 402 g/mol. The van der Waals surface area contributed by atoms with Gasteiger partial charge in [0.2, 0.25) is 0 Å². The first-order valence-corrected chi connectivity index (χ1v) is 9.13. The van der Waals surface area contributed by atoms with Crippen LogP contribution in [0.1, 0.15) is 24.2 Å². The van der Waals surface area contributed by atoms with E-state index in [1.807, 2.05) is 0 Å². The summed E-state index contributed by atoms with van der Waals surface area (Å²) in [5.74, 6) is -1.24. The van der Waals surface area contributed by atoms with E-state index in [1.165, 1.54) is 36.9 Å². The molecule has 0 saturated heterocycles. The SMILES string of the molecule is CC(=O)c1cccc(NC(=O)COC(=O)[C@H](C)Sc2ccc([N+](=O)[O-])cc2)c1. The molecule has 0 aliphatic heterocycles. The number of carbonyl (C=O) groups is 3. The highest BCUT2D eigenvalue weighted by atomic mass is 32.2. The third-order valence-corrected chi connectivity index (χ3v) is 4.68. The molecule has 8 nitrogen and oxygen atoms in total. The fourth-order valence-electron chi connectivity index (χ4n) is 2.17. The van der Waals surface area contributed by atoms with Crippen molar-refractivity contribution in [2.24, 2.45) is 0 Å². The number of carbonyl (C=O) groups excluding carboxylic acids is 3. The number of ketones is 1. The zero-order valence-corrected chi connectivity index (χ0v) is 16.0. The molecule has 2 aromatic rings. The average Bonchev–Trinajstić information content (AvgIpc) is 2.66. The van der Waals surface area contributed by atoms with Gasteiger partial charge < -0.3 is 10.1 Å². The molecule has 0 fully saturated rings. The lowest BCUT2D eigenvalue weighted by molar-refractivity contribution is -0.384. The molecule has 0 heterocycles. The number of ether oxygens (including phenoxy) is 1. The third-order valence-electron chi connectivity index (χ3n) is 3.59. The Labute approximate surface area is 165 Å². The topological polar surface area (TPSA) is 116 Å². The molecule has 28 heavy (non-hydrogen) atoms. The molecule has 9 heteroatoms. The maximum Gasteiger partial charge on any atom is 0.319 e. The van der Waals surface area contributed by atoms with Gasteiger partial charge in [0.1, 0.15) is 5.25 Å². The summed E-state index contributed by atoms with van der Waals surface area (Å²) in [5.41, 5.74) is 0.857. The molecule has 0 saturated carbocycles. The molecule has 146 valence electrons. The van der Waals surface area contributed by atoms with Crippen molar-refractivity contribution >= 4 is 40.8 Å². The van der Waals surface area contributed by atoms with Crippen molar-refractivity contribution in [1.82, 2.24) is 0 Å². The summed E-state index contributed by atoms with van der Waals surface area (Å²) >= 11 is 1.17. The van der Waals surface area contributed by atoms with Gasteiger partial charge in [0, 0.05) is 28.3 Å². The van der Waals surface area contributed by atoms with E-state index in [-0.39, 0.29) is 11.5 Å². The summed E-state index contributed by atoms with van der Waals surface area (Å²) < 4.78 is 5.00. The predicted octanol–water partition coefficient (Wildman–Crippen LogP) is 3.46. The van der Waals surface area contributed by atoms with Crippen molar-refractivity contribution in [1.29, 1.82) is 0 Å². The number of benzene rings is 2. The third kappa shape index (κ3) is 6.20. The first kappa shape index (κ1) is 21.1. The largest absolute Gasteiger partial charge is 0.455 e. The summed E-state index contributed by atoms with van der Waals surface area (Å²) in [6.45, 7) is 2.57. The van der Waals surface area contributed by atoms with E-state index in [4.69, 9.17) is 4.74 Å². The van der Waals surface area contributed by atoms with Crippen LogP contribution in [0.5, 0.6) is 0 Å². The van der Waals surface area contributed by atoms with Gasteiger partial charge in [-0.2, -0.15) is 0 Å². The highest BCUT2D eigenvalue weighted by Crippen LogP contribution is 2.26. The Morgan fingerprint density at radius 1 is 1.18 bits per heavy atom. The number of hydrogen-bond donors (Lipinski definition) is 1. The standard InChI is InChI=1S/C19H18N2O6S/c1-12(22)14-4-3-5-15(10-14)20-18(23)11-27-19(24)13(2)28-17-8-6-16(7-9-17)21(25)26/h3-10,13H,11H2,1-2H3,(H,20,23)/t13-/m0/s1.